The largest absolute Gasteiger partial charge is 0.495 e. The fourth-order valence-corrected chi connectivity index (χ4v) is 1.76. The Kier molecular flexibility index (Phi) is 3.33. The molecular formula is C10H14BrNO. The second kappa shape index (κ2) is 4.11. The Labute approximate surface area is 87.2 Å². The zero-order valence-corrected chi connectivity index (χ0v) is 9.68. The lowest BCUT2D eigenvalue weighted by molar-refractivity contribution is 0.404. The molecule has 2 nitrogen and oxygen atoms in total. The topological polar surface area (TPSA) is 35.2 Å². The van der Waals surface area contributed by atoms with E-state index in [0.717, 1.165) is 21.3 Å². The summed E-state index contributed by atoms with van der Waals surface area (Å²) in [6.07, 6.45) is 0. The van der Waals surface area contributed by atoms with E-state index in [9.17, 15) is 0 Å². The molecule has 1 aromatic rings. The van der Waals surface area contributed by atoms with Crippen molar-refractivity contribution in [3.8, 4) is 5.75 Å². The van der Waals surface area contributed by atoms with E-state index >= 15 is 0 Å². The van der Waals surface area contributed by atoms with Crippen molar-refractivity contribution < 1.29 is 4.74 Å². The molecule has 0 aliphatic heterocycles. The monoisotopic (exact) mass is 243 g/mol. The molecule has 0 aliphatic rings. The number of nitrogens with two attached hydrogens (primary N) is 1. The third-order valence-corrected chi connectivity index (χ3v) is 3.00. The summed E-state index contributed by atoms with van der Waals surface area (Å²) >= 11 is 3.48. The molecule has 0 saturated heterocycles. The molecule has 1 atom stereocenters. The lowest BCUT2D eigenvalue weighted by atomic mass is 10.1. The van der Waals surface area contributed by atoms with Crippen molar-refractivity contribution in [3.63, 3.8) is 0 Å². The van der Waals surface area contributed by atoms with Gasteiger partial charge in [-0.25, -0.2) is 0 Å². The van der Waals surface area contributed by atoms with Crippen LogP contribution in [0.25, 0.3) is 0 Å². The Morgan fingerprint density at radius 1 is 1.46 bits per heavy atom. The van der Waals surface area contributed by atoms with Crippen LogP contribution in [0.2, 0.25) is 0 Å². The molecule has 0 bridgehead atoms. The van der Waals surface area contributed by atoms with Gasteiger partial charge in [-0.3, -0.25) is 0 Å². The Hall–Kier alpha value is -0.540. The van der Waals surface area contributed by atoms with Gasteiger partial charge in [-0.15, -0.1) is 0 Å². The Bertz CT molecular complexity index is 310. The standard InChI is InChI=1S/C10H14BrNO/c1-6-4-5-8(7(2)12)10(13-3)9(6)11/h4-5,7H,12H2,1-3H3. The Morgan fingerprint density at radius 3 is 2.54 bits per heavy atom. The SMILES string of the molecule is COc1c(C(C)N)ccc(C)c1Br. The molecule has 13 heavy (non-hydrogen) atoms. The van der Waals surface area contributed by atoms with E-state index in [4.69, 9.17) is 10.5 Å². The molecule has 1 aromatic carbocycles. The number of aryl methyl sites for hydroxylation is 1. The van der Waals surface area contributed by atoms with Crippen molar-refractivity contribution in [1.29, 1.82) is 0 Å². The molecule has 0 radical (unpaired) electrons. The van der Waals surface area contributed by atoms with Gasteiger partial charge in [0.15, 0.2) is 0 Å². The first kappa shape index (κ1) is 10.5. The van der Waals surface area contributed by atoms with E-state index in [1.54, 1.807) is 7.11 Å². The number of benzene rings is 1. The lowest BCUT2D eigenvalue weighted by Crippen LogP contribution is -2.07. The molecule has 0 saturated carbocycles. The quantitative estimate of drug-likeness (QED) is 0.868. The van der Waals surface area contributed by atoms with Crippen molar-refractivity contribution in [2.75, 3.05) is 7.11 Å². The average Bonchev–Trinajstić information content (AvgIpc) is 2.09. The van der Waals surface area contributed by atoms with Crippen molar-refractivity contribution in [2.24, 2.45) is 5.73 Å². The van der Waals surface area contributed by atoms with Crippen LogP contribution in [0.5, 0.6) is 5.75 Å². The van der Waals surface area contributed by atoms with E-state index in [-0.39, 0.29) is 6.04 Å². The number of ether oxygens (including phenoxy) is 1. The maximum atomic E-state index is 5.81. The molecule has 3 heteroatoms. The van der Waals surface area contributed by atoms with Crippen LogP contribution < -0.4 is 10.5 Å². The third-order valence-electron chi connectivity index (χ3n) is 2.02. The smallest absolute Gasteiger partial charge is 0.138 e. The van der Waals surface area contributed by atoms with E-state index in [2.05, 4.69) is 15.9 Å². The lowest BCUT2D eigenvalue weighted by Gasteiger charge is -2.14. The summed E-state index contributed by atoms with van der Waals surface area (Å²) in [6.45, 7) is 3.97. The zero-order valence-electron chi connectivity index (χ0n) is 8.10. The minimum atomic E-state index is -0.00755. The van der Waals surface area contributed by atoms with Crippen LogP contribution >= 0.6 is 15.9 Å². The van der Waals surface area contributed by atoms with Gasteiger partial charge in [0, 0.05) is 11.6 Å². The number of hydrogen-bond donors (Lipinski definition) is 1. The molecular weight excluding hydrogens is 230 g/mol. The van der Waals surface area contributed by atoms with E-state index in [0.29, 0.717) is 0 Å². The van der Waals surface area contributed by atoms with Crippen LogP contribution in [0.4, 0.5) is 0 Å². The van der Waals surface area contributed by atoms with Gasteiger partial charge in [-0.05, 0) is 35.3 Å². The summed E-state index contributed by atoms with van der Waals surface area (Å²) in [5.74, 6) is 0.843. The first-order chi connectivity index (χ1) is 6.07. The van der Waals surface area contributed by atoms with Gasteiger partial charge in [0.1, 0.15) is 5.75 Å². The molecule has 0 fully saturated rings. The second-order valence-corrected chi connectivity index (χ2v) is 3.90. The molecule has 0 aliphatic carbocycles. The van der Waals surface area contributed by atoms with Gasteiger partial charge in [0.25, 0.3) is 0 Å². The van der Waals surface area contributed by atoms with Crippen LogP contribution in [-0.4, -0.2) is 7.11 Å². The Morgan fingerprint density at radius 2 is 2.08 bits per heavy atom. The highest BCUT2D eigenvalue weighted by atomic mass is 79.9. The average molecular weight is 244 g/mol. The normalized spacial score (nSPS) is 12.7. The molecule has 1 unspecified atom stereocenters. The molecule has 0 heterocycles. The van der Waals surface area contributed by atoms with Crippen LogP contribution in [-0.2, 0) is 0 Å². The van der Waals surface area contributed by atoms with Crippen molar-refractivity contribution in [1.82, 2.24) is 0 Å². The highest BCUT2D eigenvalue weighted by Crippen LogP contribution is 2.34. The predicted octanol–water partition coefficient (Wildman–Crippen LogP) is 2.79. The molecule has 1 rings (SSSR count). The second-order valence-electron chi connectivity index (χ2n) is 3.11. The third kappa shape index (κ3) is 2.03. The highest BCUT2D eigenvalue weighted by molar-refractivity contribution is 9.10. The summed E-state index contributed by atoms with van der Waals surface area (Å²) in [7, 11) is 1.66. The first-order valence-electron chi connectivity index (χ1n) is 4.16. The van der Waals surface area contributed by atoms with Crippen LogP contribution in [0, 0.1) is 6.92 Å². The van der Waals surface area contributed by atoms with Gasteiger partial charge < -0.3 is 10.5 Å². The number of rotatable bonds is 2. The van der Waals surface area contributed by atoms with Crippen molar-refractivity contribution >= 4 is 15.9 Å². The minimum Gasteiger partial charge on any atom is -0.495 e. The molecule has 0 amide bonds. The van der Waals surface area contributed by atoms with Gasteiger partial charge in [-0.1, -0.05) is 12.1 Å². The van der Waals surface area contributed by atoms with Crippen LogP contribution in [0.3, 0.4) is 0 Å². The van der Waals surface area contributed by atoms with Crippen molar-refractivity contribution in [2.45, 2.75) is 19.9 Å². The van der Waals surface area contributed by atoms with Gasteiger partial charge in [0.05, 0.1) is 11.6 Å². The van der Waals surface area contributed by atoms with Gasteiger partial charge >= 0.3 is 0 Å². The fourth-order valence-electron chi connectivity index (χ4n) is 1.24. The number of methoxy groups -OCH3 is 1. The van der Waals surface area contributed by atoms with Crippen LogP contribution in [0.15, 0.2) is 16.6 Å². The fraction of sp³-hybridized carbons (Fsp3) is 0.400. The van der Waals surface area contributed by atoms with Gasteiger partial charge in [-0.2, -0.15) is 0 Å². The minimum absolute atomic E-state index is 0.00755. The summed E-state index contributed by atoms with van der Waals surface area (Å²) < 4.78 is 6.28. The summed E-state index contributed by atoms with van der Waals surface area (Å²) in [4.78, 5) is 0. The summed E-state index contributed by atoms with van der Waals surface area (Å²) in [5, 5.41) is 0. The maximum Gasteiger partial charge on any atom is 0.138 e. The number of halogens is 1. The summed E-state index contributed by atoms with van der Waals surface area (Å²) in [5.41, 5.74) is 7.99. The number of hydrogen-bond acceptors (Lipinski definition) is 2. The van der Waals surface area contributed by atoms with Crippen LogP contribution in [0.1, 0.15) is 24.1 Å². The van der Waals surface area contributed by atoms with E-state index in [1.165, 1.54) is 0 Å². The molecule has 0 aromatic heterocycles. The van der Waals surface area contributed by atoms with Gasteiger partial charge in [0.2, 0.25) is 0 Å². The van der Waals surface area contributed by atoms with Crippen molar-refractivity contribution in [3.05, 3.63) is 27.7 Å². The highest BCUT2D eigenvalue weighted by Gasteiger charge is 2.12. The Balaban J connectivity index is 3.30. The maximum absolute atomic E-state index is 5.81. The summed E-state index contributed by atoms with van der Waals surface area (Å²) in [6, 6.07) is 4.03. The van der Waals surface area contributed by atoms with E-state index in [1.807, 2.05) is 26.0 Å². The predicted molar refractivity (Wildman–Crippen MR) is 58.0 cm³/mol. The van der Waals surface area contributed by atoms with E-state index < -0.39 is 0 Å². The molecule has 0 spiro atoms. The first-order valence-corrected chi connectivity index (χ1v) is 4.95. The zero-order chi connectivity index (χ0) is 10.0. The molecule has 72 valence electrons. The molecule has 2 N–H and O–H groups in total.